The normalized spacial score (nSPS) is 21.0. The lowest BCUT2D eigenvalue weighted by molar-refractivity contribution is 0.105. The van der Waals surface area contributed by atoms with Crippen LogP contribution in [0.25, 0.3) is 0 Å². The predicted octanol–water partition coefficient (Wildman–Crippen LogP) is 1.29. The maximum atomic E-state index is 12.9. The van der Waals surface area contributed by atoms with E-state index in [9.17, 15) is 16.8 Å². The molecule has 1 aliphatic rings. The molecule has 0 aromatic carbocycles. The minimum Gasteiger partial charge on any atom is -0.382 e. The van der Waals surface area contributed by atoms with Crippen LogP contribution in [0.5, 0.6) is 0 Å². The number of halogens is 1. The summed E-state index contributed by atoms with van der Waals surface area (Å²) in [6, 6.07) is 1.12. The van der Waals surface area contributed by atoms with Crippen LogP contribution in [0.1, 0.15) is 38.3 Å². The van der Waals surface area contributed by atoms with Gasteiger partial charge in [0.1, 0.15) is 8.42 Å². The van der Waals surface area contributed by atoms with Gasteiger partial charge in [0.25, 0.3) is 10.0 Å². The van der Waals surface area contributed by atoms with Gasteiger partial charge in [-0.3, -0.25) is 0 Å². The maximum absolute atomic E-state index is 12.9. The second-order valence-electron chi connectivity index (χ2n) is 6.06. The van der Waals surface area contributed by atoms with Crippen molar-refractivity contribution in [3.05, 3.63) is 11.6 Å². The Bertz CT molecular complexity index is 810. The summed E-state index contributed by atoms with van der Waals surface area (Å²) >= 11 is 0.716. The van der Waals surface area contributed by atoms with E-state index in [-0.39, 0.29) is 39.5 Å². The first-order chi connectivity index (χ1) is 11.6. The van der Waals surface area contributed by atoms with Gasteiger partial charge in [0.15, 0.2) is 0 Å². The highest BCUT2D eigenvalue weighted by atomic mass is 35.5. The minimum absolute atomic E-state index is 0. The van der Waals surface area contributed by atoms with Gasteiger partial charge in [-0.1, -0.05) is 6.92 Å². The fraction of sp³-hybridized carbons (Fsp3) is 0.714. The quantitative estimate of drug-likeness (QED) is 0.619. The molecule has 1 aliphatic heterocycles. The first-order valence-electron chi connectivity index (χ1n) is 8.04. The van der Waals surface area contributed by atoms with E-state index in [1.807, 2.05) is 13.8 Å². The predicted molar refractivity (Wildman–Crippen MR) is 104 cm³/mol. The van der Waals surface area contributed by atoms with Crippen molar-refractivity contribution in [3.8, 4) is 0 Å². The Kier molecular flexibility index (Phi) is 8.49. The van der Waals surface area contributed by atoms with E-state index in [1.54, 1.807) is 7.11 Å². The number of nitrogens with two attached hydrogens (primary N) is 1. The molecule has 0 saturated heterocycles. The zero-order valence-electron chi connectivity index (χ0n) is 15.0. The molecule has 2 rings (SSSR count). The number of ether oxygens (including phenoxy) is 1. The molecule has 0 bridgehead atoms. The van der Waals surface area contributed by atoms with Gasteiger partial charge in [-0.05, 0) is 32.4 Å². The van der Waals surface area contributed by atoms with Crippen LogP contribution in [0.2, 0.25) is 0 Å². The van der Waals surface area contributed by atoms with Crippen LogP contribution in [0.4, 0.5) is 0 Å². The topological polar surface area (TPSA) is 119 Å². The number of primary sulfonamides is 1. The molecule has 26 heavy (non-hydrogen) atoms. The second kappa shape index (κ2) is 9.28. The monoisotopic (exact) mass is 447 g/mol. The zero-order valence-corrected chi connectivity index (χ0v) is 18.2. The maximum Gasteiger partial charge on any atom is 0.252 e. The third-order valence-corrected chi connectivity index (χ3v) is 9.11. The van der Waals surface area contributed by atoms with Gasteiger partial charge >= 0.3 is 0 Å². The largest absolute Gasteiger partial charge is 0.382 e. The highest BCUT2D eigenvalue weighted by Gasteiger charge is 2.39. The molecule has 2 heterocycles. The molecule has 1 aromatic heterocycles. The van der Waals surface area contributed by atoms with Gasteiger partial charge in [-0.2, -0.15) is 4.31 Å². The van der Waals surface area contributed by atoms with Crippen LogP contribution in [0, 0.1) is 0 Å². The van der Waals surface area contributed by atoms with Crippen LogP contribution in [-0.2, 0) is 24.8 Å². The molecular weight excluding hydrogens is 422 g/mol. The molecule has 152 valence electrons. The summed E-state index contributed by atoms with van der Waals surface area (Å²) in [6.07, 6.45) is 1.37. The highest BCUT2D eigenvalue weighted by molar-refractivity contribution is 7.94. The van der Waals surface area contributed by atoms with E-state index in [1.165, 1.54) is 10.4 Å². The molecule has 0 spiro atoms. The van der Waals surface area contributed by atoms with E-state index < -0.39 is 20.0 Å². The summed E-state index contributed by atoms with van der Waals surface area (Å²) in [5, 5.41) is 8.49. The fourth-order valence-corrected chi connectivity index (χ4v) is 6.90. The molecule has 1 aromatic rings. The van der Waals surface area contributed by atoms with E-state index in [0.29, 0.717) is 36.4 Å². The van der Waals surface area contributed by atoms with Crippen molar-refractivity contribution in [1.82, 2.24) is 9.62 Å². The molecular formula is C14H26ClN3O5S3. The number of hydrogen-bond donors (Lipinski definition) is 2. The van der Waals surface area contributed by atoms with Crippen LogP contribution in [0.15, 0.2) is 14.5 Å². The molecule has 1 unspecified atom stereocenters. The summed E-state index contributed by atoms with van der Waals surface area (Å²) in [7, 11) is -6.12. The lowest BCUT2D eigenvalue weighted by Gasteiger charge is -2.33. The number of sulfonamides is 2. The smallest absolute Gasteiger partial charge is 0.252 e. The number of nitrogens with one attached hydrogen (secondary N) is 1. The SMILES string of the molecule is CCCN[C@H]1CN(CCC(C)OC)S(=O)(=O)c2sc(S(N)(=O)=O)cc21.Cl. The highest BCUT2D eigenvalue weighted by Crippen LogP contribution is 2.40. The fourth-order valence-electron chi connectivity index (χ4n) is 2.62. The van der Waals surface area contributed by atoms with Crippen LogP contribution >= 0.6 is 23.7 Å². The Hall–Kier alpha value is -0.270. The van der Waals surface area contributed by atoms with Gasteiger partial charge in [-0.15, -0.1) is 23.7 Å². The van der Waals surface area contributed by atoms with Crippen LogP contribution in [0.3, 0.4) is 0 Å². The van der Waals surface area contributed by atoms with Crippen LogP contribution in [-0.4, -0.2) is 54.0 Å². The Morgan fingerprint density at radius 2 is 2.15 bits per heavy atom. The summed E-state index contributed by atoms with van der Waals surface area (Å²) in [4.78, 5) is 0. The Morgan fingerprint density at radius 1 is 1.50 bits per heavy atom. The minimum atomic E-state index is -3.95. The molecule has 3 N–H and O–H groups in total. The molecule has 0 radical (unpaired) electrons. The van der Waals surface area contributed by atoms with Crippen molar-refractivity contribution < 1.29 is 21.6 Å². The number of nitrogens with zero attached hydrogens (tertiary/aromatic N) is 1. The van der Waals surface area contributed by atoms with Crippen molar-refractivity contribution in [3.63, 3.8) is 0 Å². The lowest BCUT2D eigenvalue weighted by atomic mass is 10.1. The number of rotatable bonds is 8. The third-order valence-electron chi connectivity index (χ3n) is 4.15. The van der Waals surface area contributed by atoms with Gasteiger partial charge < -0.3 is 10.1 Å². The van der Waals surface area contributed by atoms with Crippen molar-refractivity contribution in [1.29, 1.82) is 0 Å². The van der Waals surface area contributed by atoms with Crippen LogP contribution < -0.4 is 10.5 Å². The Balaban J connectivity index is 0.00000338. The van der Waals surface area contributed by atoms with E-state index >= 15 is 0 Å². The van der Waals surface area contributed by atoms with Gasteiger partial charge in [0.05, 0.1) is 6.10 Å². The van der Waals surface area contributed by atoms with Gasteiger partial charge in [0.2, 0.25) is 10.0 Å². The summed E-state index contributed by atoms with van der Waals surface area (Å²) < 4.78 is 55.6. The van der Waals surface area contributed by atoms with Crippen molar-refractivity contribution in [2.24, 2.45) is 5.14 Å². The molecule has 0 amide bonds. The number of fused-ring (bicyclic) bond motifs is 1. The summed E-state index contributed by atoms with van der Waals surface area (Å²) in [6.45, 7) is 5.15. The molecule has 2 atom stereocenters. The molecule has 8 nitrogen and oxygen atoms in total. The number of methoxy groups -OCH3 is 1. The standard InChI is InChI=1S/C14H25N3O5S3.ClH/c1-4-6-16-12-9-17(7-5-10(2)22-3)25(20,21)14-11(12)8-13(23-14)24(15,18)19;/h8,10,12,16H,4-7,9H2,1-3H3,(H2,15,18,19);1H/t10?,12-;/m0./s1. The van der Waals surface area contributed by atoms with Gasteiger partial charge in [0, 0.05) is 31.8 Å². The molecule has 0 saturated carbocycles. The average Bonchev–Trinajstić information content (AvgIpc) is 2.99. The first-order valence-corrected chi connectivity index (χ1v) is 11.8. The van der Waals surface area contributed by atoms with Crippen molar-refractivity contribution in [2.45, 2.75) is 47.3 Å². The second-order valence-corrected chi connectivity index (χ2v) is 11.0. The molecule has 12 heteroatoms. The van der Waals surface area contributed by atoms with E-state index in [2.05, 4.69) is 5.32 Å². The Labute approximate surface area is 165 Å². The molecule has 0 fully saturated rings. The van der Waals surface area contributed by atoms with E-state index in [0.717, 1.165) is 6.42 Å². The zero-order chi connectivity index (χ0) is 18.8. The van der Waals surface area contributed by atoms with Crippen molar-refractivity contribution >= 4 is 43.8 Å². The Morgan fingerprint density at radius 3 is 2.69 bits per heavy atom. The summed E-state index contributed by atoms with van der Waals surface area (Å²) in [5.74, 6) is 0. The van der Waals surface area contributed by atoms with E-state index in [4.69, 9.17) is 9.88 Å². The lowest BCUT2D eigenvalue weighted by Crippen LogP contribution is -2.44. The van der Waals surface area contributed by atoms with Gasteiger partial charge in [-0.25, -0.2) is 22.0 Å². The third kappa shape index (κ3) is 5.16. The molecule has 0 aliphatic carbocycles. The number of hydrogen-bond acceptors (Lipinski definition) is 7. The first kappa shape index (κ1) is 23.8. The summed E-state index contributed by atoms with van der Waals surface area (Å²) in [5.41, 5.74) is 0.485. The average molecular weight is 448 g/mol. The number of thiophene rings is 1. The van der Waals surface area contributed by atoms with Crippen molar-refractivity contribution in [2.75, 3.05) is 26.7 Å².